The molecule has 11 heteroatoms. The molecule has 1 aromatic carbocycles. The molecule has 11 nitrogen and oxygen atoms in total. The Kier molecular flexibility index (Phi) is 6.20. The van der Waals surface area contributed by atoms with Crippen molar-refractivity contribution in [2.45, 2.75) is 18.9 Å². The number of nitrogens with zero attached hydrogens (tertiary/aromatic N) is 5. The van der Waals surface area contributed by atoms with Gasteiger partial charge in [0.2, 0.25) is 11.7 Å². The molecule has 0 aliphatic heterocycles. The third kappa shape index (κ3) is 4.92. The molecule has 0 amide bonds. The number of imidazole rings is 1. The Morgan fingerprint density at radius 1 is 1.18 bits per heavy atom. The molecule has 3 heterocycles. The molecule has 0 aliphatic carbocycles. The number of pyridine rings is 1. The van der Waals surface area contributed by atoms with Crippen molar-refractivity contribution in [2.75, 3.05) is 20.0 Å². The largest absolute Gasteiger partial charge is 0.493 e. The first-order valence-corrected chi connectivity index (χ1v) is 9.96. The molecule has 0 spiro atoms. The Morgan fingerprint density at radius 3 is 2.70 bits per heavy atom. The molecular formula is C22H22N6O5. The zero-order chi connectivity index (χ0) is 23.4. The predicted molar refractivity (Wildman–Crippen MR) is 117 cm³/mol. The molecule has 170 valence electrons. The Morgan fingerprint density at radius 2 is 2.00 bits per heavy atom. The molecule has 1 atom stereocenters. The van der Waals surface area contributed by atoms with Crippen LogP contribution in [0.4, 0.5) is 5.82 Å². The lowest BCUT2D eigenvalue weighted by Gasteiger charge is -2.12. The second-order valence-electron chi connectivity index (χ2n) is 7.22. The Bertz CT molecular complexity index is 1250. The van der Waals surface area contributed by atoms with Crippen LogP contribution in [0.2, 0.25) is 0 Å². The van der Waals surface area contributed by atoms with Crippen molar-refractivity contribution in [3.8, 4) is 22.9 Å². The van der Waals surface area contributed by atoms with Gasteiger partial charge >= 0.3 is 5.97 Å². The summed E-state index contributed by atoms with van der Waals surface area (Å²) in [4.78, 5) is 24.3. The van der Waals surface area contributed by atoms with Crippen LogP contribution in [0.1, 0.15) is 29.5 Å². The molecule has 4 aromatic rings. The summed E-state index contributed by atoms with van der Waals surface area (Å²) in [5, 5.41) is 13.4. The fraction of sp³-hybridized carbons (Fsp3) is 0.227. The third-order valence-electron chi connectivity index (χ3n) is 5.03. The quantitative estimate of drug-likeness (QED) is 0.389. The van der Waals surface area contributed by atoms with E-state index in [0.717, 1.165) is 0 Å². The summed E-state index contributed by atoms with van der Waals surface area (Å²) in [7, 11) is 3.12. The van der Waals surface area contributed by atoms with Gasteiger partial charge in [0.25, 0.3) is 0 Å². The first-order chi connectivity index (χ1) is 16.0. The van der Waals surface area contributed by atoms with E-state index >= 15 is 0 Å². The highest BCUT2D eigenvalue weighted by molar-refractivity contribution is 5.68. The number of methoxy groups -OCH3 is 2. The second kappa shape index (κ2) is 9.39. The minimum absolute atomic E-state index is 0.132. The van der Waals surface area contributed by atoms with Gasteiger partial charge in [0.15, 0.2) is 11.5 Å². The standard InChI is InChI=1S/C22H22N6O5/c1-31-17-5-3-13(7-18(17)32-2)22-26-20(33-27-22)11-28-10-16(25-12-28)15(8-21(29)30)14-4-6-19(23)24-9-14/h3-7,9-10,12,15H,8,11H2,1-2H3,(H2,23,24)(H,29,30). The molecule has 0 saturated carbocycles. The minimum Gasteiger partial charge on any atom is -0.493 e. The van der Waals surface area contributed by atoms with Crippen LogP contribution in [-0.2, 0) is 11.3 Å². The molecule has 1 unspecified atom stereocenters. The smallest absolute Gasteiger partial charge is 0.304 e. The number of carboxylic acid groups (broad SMARTS) is 1. The number of aliphatic carboxylic acids is 1. The number of carboxylic acids is 1. The Balaban J connectivity index is 1.53. The van der Waals surface area contributed by atoms with E-state index in [4.69, 9.17) is 19.7 Å². The lowest BCUT2D eigenvalue weighted by molar-refractivity contribution is -0.137. The van der Waals surface area contributed by atoms with E-state index in [1.807, 2.05) is 6.07 Å². The zero-order valence-electron chi connectivity index (χ0n) is 18.0. The number of benzene rings is 1. The molecule has 4 rings (SSSR count). The van der Waals surface area contributed by atoms with Gasteiger partial charge in [0.05, 0.1) is 32.7 Å². The summed E-state index contributed by atoms with van der Waals surface area (Å²) in [6.07, 6.45) is 4.78. The van der Waals surface area contributed by atoms with Crippen molar-refractivity contribution in [2.24, 2.45) is 0 Å². The summed E-state index contributed by atoms with van der Waals surface area (Å²) >= 11 is 0. The topological polar surface area (TPSA) is 151 Å². The van der Waals surface area contributed by atoms with Crippen molar-refractivity contribution in [3.05, 3.63) is 66.2 Å². The van der Waals surface area contributed by atoms with Crippen molar-refractivity contribution in [1.29, 1.82) is 0 Å². The number of aromatic nitrogens is 5. The van der Waals surface area contributed by atoms with Gasteiger partial charge in [-0.05, 0) is 29.8 Å². The molecule has 0 fully saturated rings. The lowest BCUT2D eigenvalue weighted by Crippen LogP contribution is -2.09. The van der Waals surface area contributed by atoms with Crippen LogP contribution in [0.15, 0.2) is 53.6 Å². The number of carbonyl (C=O) groups is 1. The van der Waals surface area contributed by atoms with Crippen molar-refractivity contribution < 1.29 is 23.9 Å². The van der Waals surface area contributed by atoms with E-state index in [0.29, 0.717) is 45.9 Å². The molecule has 0 bridgehead atoms. The van der Waals surface area contributed by atoms with Gasteiger partial charge in [-0.25, -0.2) is 9.97 Å². The first-order valence-electron chi connectivity index (χ1n) is 9.96. The average molecular weight is 450 g/mol. The fourth-order valence-corrected chi connectivity index (χ4v) is 3.40. The number of rotatable bonds is 9. The number of anilines is 1. The van der Waals surface area contributed by atoms with Gasteiger partial charge in [-0.2, -0.15) is 4.98 Å². The number of ether oxygens (including phenoxy) is 2. The van der Waals surface area contributed by atoms with E-state index in [-0.39, 0.29) is 13.0 Å². The summed E-state index contributed by atoms with van der Waals surface area (Å²) in [5.74, 6) is 0.880. The molecule has 3 aromatic heterocycles. The minimum atomic E-state index is -0.942. The predicted octanol–water partition coefficient (Wildman–Crippen LogP) is 2.58. The van der Waals surface area contributed by atoms with Crippen LogP contribution < -0.4 is 15.2 Å². The fourth-order valence-electron chi connectivity index (χ4n) is 3.40. The van der Waals surface area contributed by atoms with E-state index in [9.17, 15) is 9.90 Å². The highest BCUT2D eigenvalue weighted by Gasteiger charge is 2.21. The normalized spacial score (nSPS) is 11.8. The highest BCUT2D eigenvalue weighted by atomic mass is 16.5. The van der Waals surface area contributed by atoms with Crippen LogP contribution >= 0.6 is 0 Å². The number of hydrogen-bond donors (Lipinski definition) is 2. The molecule has 0 saturated heterocycles. The van der Waals surface area contributed by atoms with E-state index in [1.54, 1.807) is 61.8 Å². The Labute approximate surface area is 188 Å². The van der Waals surface area contributed by atoms with Crippen molar-refractivity contribution >= 4 is 11.8 Å². The van der Waals surface area contributed by atoms with E-state index in [2.05, 4.69) is 20.1 Å². The van der Waals surface area contributed by atoms with Gasteiger partial charge in [0.1, 0.15) is 12.4 Å². The number of nitrogen functional groups attached to an aromatic ring is 1. The Hall–Kier alpha value is -4.41. The van der Waals surface area contributed by atoms with Crippen LogP contribution in [-0.4, -0.2) is 50.0 Å². The summed E-state index contributed by atoms with van der Waals surface area (Å²) < 4.78 is 17.7. The number of nitrogens with two attached hydrogens (primary N) is 1. The van der Waals surface area contributed by atoms with Crippen molar-refractivity contribution in [3.63, 3.8) is 0 Å². The van der Waals surface area contributed by atoms with Gasteiger partial charge in [-0.1, -0.05) is 11.2 Å². The summed E-state index contributed by atoms with van der Waals surface area (Å²) in [5.41, 5.74) is 7.66. The van der Waals surface area contributed by atoms with Crippen LogP contribution in [0, 0.1) is 0 Å². The van der Waals surface area contributed by atoms with Gasteiger partial charge in [-0.3, -0.25) is 4.79 Å². The SMILES string of the molecule is COc1ccc(-c2noc(Cn3cnc(C(CC(=O)O)c4ccc(N)nc4)c3)n2)cc1OC. The maximum absolute atomic E-state index is 11.4. The molecule has 33 heavy (non-hydrogen) atoms. The molecule has 3 N–H and O–H groups in total. The molecular weight excluding hydrogens is 428 g/mol. The van der Waals surface area contributed by atoms with Crippen LogP contribution in [0.25, 0.3) is 11.4 Å². The lowest BCUT2D eigenvalue weighted by atomic mass is 9.94. The monoisotopic (exact) mass is 450 g/mol. The van der Waals surface area contributed by atoms with Crippen LogP contribution in [0.3, 0.4) is 0 Å². The molecule has 0 radical (unpaired) electrons. The zero-order valence-corrected chi connectivity index (χ0v) is 18.0. The maximum atomic E-state index is 11.4. The highest BCUT2D eigenvalue weighted by Crippen LogP contribution is 2.31. The molecule has 0 aliphatic rings. The number of hydrogen-bond acceptors (Lipinski definition) is 9. The van der Waals surface area contributed by atoms with E-state index < -0.39 is 11.9 Å². The second-order valence-corrected chi connectivity index (χ2v) is 7.22. The first kappa shape index (κ1) is 21.8. The van der Waals surface area contributed by atoms with Gasteiger partial charge in [-0.15, -0.1) is 0 Å². The maximum Gasteiger partial charge on any atom is 0.304 e. The van der Waals surface area contributed by atoms with Gasteiger partial charge in [0, 0.05) is 23.9 Å². The van der Waals surface area contributed by atoms with Gasteiger partial charge < -0.3 is 29.4 Å². The van der Waals surface area contributed by atoms with Crippen molar-refractivity contribution in [1.82, 2.24) is 24.7 Å². The summed E-state index contributed by atoms with van der Waals surface area (Å²) in [6.45, 7) is 0.271. The van der Waals surface area contributed by atoms with Crippen LogP contribution in [0.5, 0.6) is 11.5 Å². The summed E-state index contributed by atoms with van der Waals surface area (Å²) in [6, 6.07) is 8.72. The third-order valence-corrected chi connectivity index (χ3v) is 5.03. The average Bonchev–Trinajstić information content (AvgIpc) is 3.47. The van der Waals surface area contributed by atoms with E-state index in [1.165, 1.54) is 0 Å².